The van der Waals surface area contributed by atoms with Crippen molar-refractivity contribution >= 4 is 39.3 Å². The lowest BCUT2D eigenvalue weighted by Gasteiger charge is -2.49. The van der Waals surface area contributed by atoms with Crippen LogP contribution in [0, 0.1) is 35.4 Å². The van der Waals surface area contributed by atoms with E-state index in [1.807, 2.05) is 16.5 Å². The van der Waals surface area contributed by atoms with Gasteiger partial charge in [-0.25, -0.2) is 13.9 Å². The van der Waals surface area contributed by atoms with Gasteiger partial charge in [-0.1, -0.05) is 18.3 Å². The van der Waals surface area contributed by atoms with Crippen molar-refractivity contribution in [1.29, 1.82) is 5.26 Å². The number of nitriles is 1. The molecule has 9 nitrogen and oxygen atoms in total. The molecule has 6 heterocycles. The van der Waals surface area contributed by atoms with Crippen molar-refractivity contribution in [2.24, 2.45) is 11.3 Å². The van der Waals surface area contributed by atoms with Gasteiger partial charge in [0, 0.05) is 62.2 Å². The molecule has 11 heteroatoms. The number of hydrogen-bond donors (Lipinski definition) is 0. The highest BCUT2D eigenvalue weighted by Gasteiger charge is 2.49. The van der Waals surface area contributed by atoms with Crippen LogP contribution in [0.3, 0.4) is 0 Å². The molecule has 0 saturated carbocycles. The molecule has 3 fully saturated rings. The summed E-state index contributed by atoms with van der Waals surface area (Å²) in [6.45, 7) is 8.91. The van der Waals surface area contributed by atoms with Crippen molar-refractivity contribution in [2.45, 2.75) is 33.1 Å². The summed E-state index contributed by atoms with van der Waals surface area (Å²) in [5.74, 6) is -0.0466. The first kappa shape index (κ1) is 27.8. The van der Waals surface area contributed by atoms with Crippen molar-refractivity contribution in [3.8, 4) is 17.3 Å². The lowest BCUT2D eigenvalue weighted by Crippen LogP contribution is -2.58. The zero-order valence-corrected chi connectivity index (χ0v) is 25.5. The van der Waals surface area contributed by atoms with E-state index in [4.69, 9.17) is 14.8 Å². The summed E-state index contributed by atoms with van der Waals surface area (Å²) < 4.78 is 21.0. The number of fused-ring (bicyclic) bond motifs is 1. The third kappa shape index (κ3) is 4.73. The van der Waals surface area contributed by atoms with Gasteiger partial charge in [0.1, 0.15) is 22.5 Å². The second-order valence-electron chi connectivity index (χ2n) is 12.1. The summed E-state index contributed by atoms with van der Waals surface area (Å²) in [6, 6.07) is 12.7. The Morgan fingerprint density at radius 1 is 1.26 bits per heavy atom. The van der Waals surface area contributed by atoms with Crippen molar-refractivity contribution in [1.82, 2.24) is 19.5 Å². The van der Waals surface area contributed by atoms with E-state index in [-0.39, 0.29) is 23.1 Å². The Balaban J connectivity index is 1.17. The van der Waals surface area contributed by atoms with E-state index in [0.717, 1.165) is 73.7 Å². The summed E-state index contributed by atoms with van der Waals surface area (Å²) in [6.07, 6.45) is 2.61. The summed E-state index contributed by atoms with van der Waals surface area (Å²) in [5, 5.41) is 15.5. The Labute approximate surface area is 254 Å². The molecule has 3 saturated heterocycles. The molecule has 1 atom stereocenters. The van der Waals surface area contributed by atoms with Gasteiger partial charge in [-0.05, 0) is 62.6 Å². The van der Waals surface area contributed by atoms with Crippen molar-refractivity contribution in [2.75, 3.05) is 56.2 Å². The maximum Gasteiger partial charge on any atom is 0.228 e. The Morgan fingerprint density at radius 3 is 2.74 bits per heavy atom. The minimum absolute atomic E-state index is 0.0234. The zero-order chi connectivity index (χ0) is 29.9. The summed E-state index contributed by atoms with van der Waals surface area (Å²) in [7, 11) is 1.96. The van der Waals surface area contributed by atoms with E-state index in [1.54, 1.807) is 12.1 Å². The number of rotatable bonds is 6. The topological polar surface area (TPSA) is 90.0 Å². The highest BCUT2D eigenvalue weighted by molar-refractivity contribution is 7.16. The number of halogens is 1. The molecule has 1 amide bonds. The minimum atomic E-state index is -0.328. The molecule has 1 spiro atoms. The Morgan fingerprint density at radius 2 is 2.05 bits per heavy atom. The number of thiazole rings is 1. The normalized spacial score (nSPS) is 19.3. The van der Waals surface area contributed by atoms with Crippen molar-refractivity contribution < 1.29 is 13.9 Å². The molecule has 4 aromatic rings. The number of aryl methyl sites for hydroxylation is 2. The van der Waals surface area contributed by atoms with Crippen LogP contribution in [0.4, 0.5) is 20.9 Å². The van der Waals surface area contributed by atoms with E-state index >= 15 is 0 Å². The number of benzene rings is 1. The first-order valence-corrected chi connectivity index (χ1v) is 15.6. The van der Waals surface area contributed by atoms with Gasteiger partial charge in [-0.2, -0.15) is 10.4 Å². The molecule has 3 aliphatic rings. The molecular weight excluding hydrogens is 565 g/mol. The van der Waals surface area contributed by atoms with E-state index in [2.05, 4.69) is 41.8 Å². The fourth-order valence-corrected chi connectivity index (χ4v) is 7.71. The molecule has 0 radical (unpaired) electrons. The molecule has 3 aliphatic heterocycles. The number of likely N-dealkylation sites (tertiary alicyclic amines) is 1. The second-order valence-corrected chi connectivity index (χ2v) is 13.1. The van der Waals surface area contributed by atoms with Crippen LogP contribution < -0.4 is 9.80 Å². The van der Waals surface area contributed by atoms with E-state index < -0.39 is 0 Å². The summed E-state index contributed by atoms with van der Waals surface area (Å²) in [4.78, 5) is 24.8. The minimum Gasteiger partial charge on any atom is -0.381 e. The van der Waals surface area contributed by atoms with Crippen LogP contribution in [0.5, 0.6) is 0 Å². The highest BCUT2D eigenvalue weighted by Crippen LogP contribution is 2.44. The van der Waals surface area contributed by atoms with Gasteiger partial charge in [-0.15, -0.1) is 0 Å². The average molecular weight is 600 g/mol. The predicted molar refractivity (Wildman–Crippen MR) is 164 cm³/mol. The summed E-state index contributed by atoms with van der Waals surface area (Å²) >= 11 is 1.32. The lowest BCUT2D eigenvalue weighted by atomic mass is 9.78. The van der Waals surface area contributed by atoms with E-state index in [9.17, 15) is 14.4 Å². The standard InChI is InChI=1S/C32H34FN7O2S/c1-4-25-29(37(3)31-35-28(27(15-34)43-31)21-5-7-23(33)8-6-21)26-14-24(13-20(2)40(26)36-25)39-18-32(19-39)10-11-38(17-32)30(41)22-9-12-42-16-22/h5-8,13-14,22H,4,9-12,16-19H2,1-3H3. The second kappa shape index (κ2) is 10.6. The molecular formula is C32H34FN7O2S. The third-order valence-electron chi connectivity index (χ3n) is 9.18. The fraction of sp³-hybridized carbons (Fsp3) is 0.438. The maximum atomic E-state index is 13.6. The number of aromatic nitrogens is 3. The van der Waals surface area contributed by atoms with E-state index in [1.165, 1.54) is 23.5 Å². The number of pyridine rings is 1. The average Bonchev–Trinajstić information content (AvgIpc) is 3.80. The number of carbonyl (C=O) groups is 1. The zero-order valence-electron chi connectivity index (χ0n) is 24.6. The van der Waals surface area contributed by atoms with Crippen molar-refractivity contribution in [3.05, 3.63) is 58.5 Å². The quantitative estimate of drug-likeness (QED) is 0.302. The van der Waals surface area contributed by atoms with Crippen LogP contribution in [-0.4, -0.2) is 71.8 Å². The van der Waals surface area contributed by atoms with Crippen LogP contribution in [-0.2, 0) is 16.0 Å². The van der Waals surface area contributed by atoms with Crippen LogP contribution in [0.15, 0.2) is 36.4 Å². The molecule has 222 valence electrons. The molecule has 1 unspecified atom stereocenters. The Kier molecular flexibility index (Phi) is 6.86. The first-order valence-electron chi connectivity index (χ1n) is 14.8. The first-order chi connectivity index (χ1) is 20.8. The van der Waals surface area contributed by atoms with E-state index in [0.29, 0.717) is 34.5 Å². The number of carbonyl (C=O) groups excluding carboxylic acids is 1. The van der Waals surface area contributed by atoms with Crippen LogP contribution in [0.2, 0.25) is 0 Å². The van der Waals surface area contributed by atoms with Crippen LogP contribution >= 0.6 is 11.3 Å². The number of hydrogen-bond acceptors (Lipinski definition) is 8. The lowest BCUT2D eigenvalue weighted by molar-refractivity contribution is -0.134. The summed E-state index contributed by atoms with van der Waals surface area (Å²) in [5.41, 5.74) is 6.48. The Hall–Kier alpha value is -4.01. The fourth-order valence-electron chi connectivity index (χ4n) is 6.85. The predicted octanol–water partition coefficient (Wildman–Crippen LogP) is 5.18. The van der Waals surface area contributed by atoms with Gasteiger partial charge in [0.2, 0.25) is 5.91 Å². The number of nitrogens with zero attached hydrogens (tertiary/aromatic N) is 7. The molecule has 1 aromatic carbocycles. The third-order valence-corrected chi connectivity index (χ3v) is 10.2. The highest BCUT2D eigenvalue weighted by atomic mass is 32.1. The molecule has 0 aliphatic carbocycles. The van der Waals surface area contributed by atoms with Crippen LogP contribution in [0.25, 0.3) is 16.8 Å². The number of anilines is 3. The number of ether oxygens (including phenoxy) is 1. The molecule has 7 rings (SSSR count). The molecule has 0 bridgehead atoms. The molecule has 43 heavy (non-hydrogen) atoms. The van der Waals surface area contributed by atoms with Gasteiger partial charge >= 0.3 is 0 Å². The monoisotopic (exact) mass is 599 g/mol. The smallest absolute Gasteiger partial charge is 0.228 e. The molecule has 3 aromatic heterocycles. The van der Waals surface area contributed by atoms with Crippen LogP contribution in [0.1, 0.15) is 36.0 Å². The molecule has 0 N–H and O–H groups in total. The Bertz CT molecular complexity index is 1750. The maximum absolute atomic E-state index is 13.6. The van der Waals surface area contributed by atoms with Gasteiger partial charge < -0.3 is 19.4 Å². The van der Waals surface area contributed by atoms with Crippen molar-refractivity contribution in [3.63, 3.8) is 0 Å². The largest absolute Gasteiger partial charge is 0.381 e. The van der Waals surface area contributed by atoms with Gasteiger partial charge in [0.25, 0.3) is 0 Å². The van der Waals surface area contributed by atoms with Gasteiger partial charge in [0.15, 0.2) is 5.13 Å². The van der Waals surface area contributed by atoms with Gasteiger partial charge in [-0.3, -0.25) is 4.79 Å². The SMILES string of the molecule is CCc1nn2c(C)cc(N3CC4(CCN(C(=O)C5CCOC5)C4)C3)cc2c1N(C)c1nc(-c2ccc(F)cc2)c(C#N)s1. The van der Waals surface area contributed by atoms with Gasteiger partial charge in [0.05, 0.1) is 29.4 Å². The number of amides is 1.